The number of ketones is 1. The number of amides is 2. The number of thioether (sulfide) groups is 1. The van der Waals surface area contributed by atoms with E-state index in [1.165, 1.54) is 4.90 Å². The van der Waals surface area contributed by atoms with Crippen molar-refractivity contribution in [3.05, 3.63) is 71.8 Å². The third-order valence-corrected chi connectivity index (χ3v) is 6.91. The molecule has 1 unspecified atom stereocenters. The van der Waals surface area contributed by atoms with Gasteiger partial charge in [-0.25, -0.2) is 0 Å². The second kappa shape index (κ2) is 10.5. The van der Waals surface area contributed by atoms with Gasteiger partial charge < -0.3 is 0 Å². The van der Waals surface area contributed by atoms with Crippen molar-refractivity contribution in [3.8, 4) is 0 Å². The summed E-state index contributed by atoms with van der Waals surface area (Å²) in [5, 5.41) is -0.345. The molecular formula is C27H31NO4S. The number of carbonyl (C=O) groups is 4. The molecule has 0 radical (unpaired) electrons. The van der Waals surface area contributed by atoms with Gasteiger partial charge in [0.1, 0.15) is 5.92 Å². The Labute approximate surface area is 199 Å². The Bertz CT molecular complexity index is 1020. The van der Waals surface area contributed by atoms with E-state index in [0.717, 1.165) is 23.7 Å². The van der Waals surface area contributed by atoms with Gasteiger partial charge in [0.15, 0.2) is 5.78 Å². The third kappa shape index (κ3) is 6.20. The number of imide groups is 1. The maximum absolute atomic E-state index is 13.5. The van der Waals surface area contributed by atoms with Gasteiger partial charge in [0.25, 0.3) is 0 Å². The van der Waals surface area contributed by atoms with Crippen LogP contribution in [-0.4, -0.2) is 32.4 Å². The number of nitrogens with zero attached hydrogens (tertiary/aromatic N) is 1. The van der Waals surface area contributed by atoms with Crippen LogP contribution in [0.25, 0.3) is 0 Å². The molecule has 0 aliphatic carbocycles. The van der Waals surface area contributed by atoms with E-state index in [1.807, 2.05) is 44.2 Å². The van der Waals surface area contributed by atoms with E-state index in [9.17, 15) is 19.2 Å². The highest BCUT2D eigenvalue weighted by atomic mass is 32.2. The van der Waals surface area contributed by atoms with Crippen LogP contribution in [0.3, 0.4) is 0 Å². The molecule has 33 heavy (non-hydrogen) atoms. The van der Waals surface area contributed by atoms with Crippen LogP contribution in [0.5, 0.6) is 0 Å². The molecule has 1 heterocycles. The van der Waals surface area contributed by atoms with Crippen molar-refractivity contribution in [2.45, 2.75) is 51.8 Å². The topological polar surface area (TPSA) is 71.5 Å². The average Bonchev–Trinajstić information content (AvgIpc) is 3.02. The number of likely N-dealkylation sites (tertiary alicyclic amines) is 1. The molecule has 5 nitrogen and oxygen atoms in total. The fourth-order valence-electron chi connectivity index (χ4n) is 4.50. The second-order valence-corrected chi connectivity index (χ2v) is 11.3. The lowest BCUT2D eigenvalue weighted by Crippen LogP contribution is -2.38. The van der Waals surface area contributed by atoms with Gasteiger partial charge >= 0.3 is 0 Å². The molecule has 1 aliphatic rings. The Balaban J connectivity index is 1.90. The van der Waals surface area contributed by atoms with E-state index < -0.39 is 28.3 Å². The number of hydrogen-bond donors (Lipinski definition) is 0. The van der Waals surface area contributed by atoms with E-state index in [-0.39, 0.29) is 24.0 Å². The van der Waals surface area contributed by atoms with Crippen LogP contribution in [0.1, 0.15) is 56.5 Å². The summed E-state index contributed by atoms with van der Waals surface area (Å²) in [5.74, 6) is -3.00. The van der Waals surface area contributed by atoms with Crippen molar-refractivity contribution in [2.75, 3.05) is 0 Å². The van der Waals surface area contributed by atoms with E-state index in [1.54, 1.807) is 30.3 Å². The van der Waals surface area contributed by atoms with Crippen LogP contribution in [0.4, 0.5) is 0 Å². The van der Waals surface area contributed by atoms with Crippen LogP contribution in [0, 0.1) is 17.8 Å². The Morgan fingerprint density at radius 2 is 1.58 bits per heavy atom. The first kappa shape index (κ1) is 24.9. The summed E-state index contributed by atoms with van der Waals surface area (Å²) in [6.45, 7) is 8.26. The molecule has 3 rings (SSSR count). The van der Waals surface area contributed by atoms with Gasteiger partial charge in [-0.15, -0.1) is 0 Å². The lowest BCUT2D eigenvalue weighted by atomic mass is 9.85. The minimum absolute atomic E-state index is 0.133. The lowest BCUT2D eigenvalue weighted by molar-refractivity contribution is -0.141. The predicted molar refractivity (Wildman–Crippen MR) is 131 cm³/mol. The van der Waals surface area contributed by atoms with Crippen molar-refractivity contribution in [1.29, 1.82) is 0 Å². The van der Waals surface area contributed by atoms with Crippen LogP contribution in [0.2, 0.25) is 0 Å². The van der Waals surface area contributed by atoms with Gasteiger partial charge in [0, 0.05) is 16.7 Å². The molecule has 2 atom stereocenters. The van der Waals surface area contributed by atoms with E-state index in [4.69, 9.17) is 0 Å². The summed E-state index contributed by atoms with van der Waals surface area (Å²) >= 11 is 1.11. The number of rotatable bonds is 9. The van der Waals surface area contributed by atoms with Gasteiger partial charge in [-0.3, -0.25) is 24.1 Å². The monoisotopic (exact) mass is 465 g/mol. The molecule has 174 valence electrons. The predicted octanol–water partition coefficient (Wildman–Crippen LogP) is 5.15. The normalized spacial score (nSPS) is 17.5. The van der Waals surface area contributed by atoms with Gasteiger partial charge in [0.05, 0.1) is 12.5 Å². The highest BCUT2D eigenvalue weighted by molar-refractivity contribution is 8.14. The molecule has 6 heteroatoms. The van der Waals surface area contributed by atoms with E-state index in [0.29, 0.717) is 11.5 Å². The molecule has 0 N–H and O–H groups in total. The summed E-state index contributed by atoms with van der Waals surface area (Å²) in [4.78, 5) is 54.3. The quantitative estimate of drug-likeness (QED) is 0.291. The molecule has 0 bridgehead atoms. The molecule has 1 aliphatic heterocycles. The van der Waals surface area contributed by atoms with Crippen LogP contribution in [-0.2, 0) is 20.9 Å². The SMILES string of the molecule is CC(C)CC(C)(C)SC(=O)C(C(=O)c1ccccc1)[C@H]1CC(=O)N(Cc2ccccc2)C1=O. The van der Waals surface area contributed by atoms with Crippen molar-refractivity contribution in [1.82, 2.24) is 4.90 Å². The third-order valence-electron chi connectivity index (χ3n) is 5.74. The van der Waals surface area contributed by atoms with Crippen LogP contribution in [0.15, 0.2) is 60.7 Å². The number of benzene rings is 2. The average molecular weight is 466 g/mol. The number of carbonyl (C=O) groups excluding carboxylic acids is 4. The standard InChI is InChI=1S/C27H31NO4S/c1-18(2)16-27(3,4)33-26(32)23(24(30)20-13-9-6-10-14-20)21-15-22(29)28(25(21)31)17-19-11-7-5-8-12-19/h5-14,18,21,23H,15-17H2,1-4H3/t21-,23?/m1/s1. The maximum atomic E-state index is 13.5. The minimum Gasteiger partial charge on any atom is -0.293 e. The van der Waals surface area contributed by atoms with E-state index in [2.05, 4.69) is 13.8 Å². The summed E-state index contributed by atoms with van der Waals surface area (Å²) < 4.78 is -0.393. The molecule has 2 aromatic carbocycles. The fraction of sp³-hybridized carbons (Fsp3) is 0.407. The molecule has 0 aromatic heterocycles. The van der Waals surface area contributed by atoms with Gasteiger partial charge in [0.2, 0.25) is 16.9 Å². The maximum Gasteiger partial charge on any atom is 0.234 e. The summed E-state index contributed by atoms with van der Waals surface area (Å²) in [6, 6.07) is 17.8. The Morgan fingerprint density at radius 3 is 2.15 bits per heavy atom. The van der Waals surface area contributed by atoms with Gasteiger partial charge in [-0.2, -0.15) is 0 Å². The molecule has 0 spiro atoms. The van der Waals surface area contributed by atoms with Crippen molar-refractivity contribution >= 4 is 34.5 Å². The zero-order valence-corrected chi connectivity index (χ0v) is 20.4. The molecular weight excluding hydrogens is 434 g/mol. The highest BCUT2D eigenvalue weighted by Gasteiger charge is 2.49. The summed E-state index contributed by atoms with van der Waals surface area (Å²) in [6.07, 6.45) is 0.652. The van der Waals surface area contributed by atoms with Crippen LogP contribution >= 0.6 is 11.8 Å². The Kier molecular flexibility index (Phi) is 7.90. The molecule has 1 fully saturated rings. The van der Waals surface area contributed by atoms with Crippen molar-refractivity contribution in [2.24, 2.45) is 17.8 Å². The number of hydrogen-bond acceptors (Lipinski definition) is 5. The Hall–Kier alpha value is -2.73. The van der Waals surface area contributed by atoms with Crippen LogP contribution < -0.4 is 0 Å². The zero-order chi connectivity index (χ0) is 24.2. The summed E-state index contributed by atoms with van der Waals surface area (Å²) in [7, 11) is 0. The lowest BCUT2D eigenvalue weighted by Gasteiger charge is -2.28. The van der Waals surface area contributed by atoms with Crippen molar-refractivity contribution < 1.29 is 19.2 Å². The minimum atomic E-state index is -1.19. The highest BCUT2D eigenvalue weighted by Crippen LogP contribution is 2.39. The van der Waals surface area contributed by atoms with E-state index >= 15 is 0 Å². The fourth-order valence-corrected chi connectivity index (χ4v) is 5.86. The first-order chi connectivity index (χ1) is 15.6. The molecule has 0 saturated carbocycles. The summed E-state index contributed by atoms with van der Waals surface area (Å²) in [5.41, 5.74) is 1.20. The largest absolute Gasteiger partial charge is 0.293 e. The van der Waals surface area contributed by atoms with Crippen molar-refractivity contribution in [3.63, 3.8) is 0 Å². The van der Waals surface area contributed by atoms with Gasteiger partial charge in [-0.05, 0) is 17.9 Å². The molecule has 2 aromatic rings. The Morgan fingerprint density at radius 1 is 1.00 bits per heavy atom. The zero-order valence-electron chi connectivity index (χ0n) is 19.6. The number of Topliss-reactive ketones (excluding diaryl/α,β-unsaturated/α-hetero) is 1. The first-order valence-electron chi connectivity index (χ1n) is 11.3. The van der Waals surface area contributed by atoms with Gasteiger partial charge in [-0.1, -0.05) is 100 Å². The molecule has 2 amide bonds. The second-order valence-electron chi connectivity index (χ2n) is 9.60. The smallest absolute Gasteiger partial charge is 0.234 e. The first-order valence-corrected chi connectivity index (χ1v) is 12.1. The molecule has 1 saturated heterocycles.